The second-order valence-electron chi connectivity index (χ2n) is 1.12. The van der Waals surface area contributed by atoms with E-state index < -0.39 is 0 Å². The fourth-order valence-corrected chi connectivity index (χ4v) is 0.890. The Balaban J connectivity index is 2.79. The molecule has 0 spiro atoms. The lowest BCUT2D eigenvalue weighted by atomic mass is 10.5. The Labute approximate surface area is 46.5 Å². The zero-order valence-electron chi connectivity index (χ0n) is 3.72. The highest BCUT2D eigenvalue weighted by molar-refractivity contribution is 7.82. The zero-order chi connectivity index (χ0) is 5.11. The second-order valence-corrected chi connectivity index (χ2v) is 2.07. The molecule has 1 aliphatic heterocycles. The Morgan fingerprint density at radius 3 is 2.86 bits per heavy atom. The van der Waals surface area contributed by atoms with Gasteiger partial charge in [0.15, 0.2) is 16.7 Å². The van der Waals surface area contributed by atoms with Crippen LogP contribution in [0.5, 0.6) is 0 Å². The first-order valence-electron chi connectivity index (χ1n) is 1.93. The molecule has 0 atom stereocenters. The van der Waals surface area contributed by atoms with Crippen LogP contribution in [0.15, 0.2) is 17.1 Å². The molecule has 0 aromatic carbocycles. The number of nitrogens with two attached hydrogens (primary N) is 1. The average Bonchev–Trinajstić information content (AvgIpc) is 2.14. The molecule has 0 amide bonds. The molecule has 0 aliphatic carbocycles. The third-order valence-electron chi connectivity index (χ3n) is 0.663. The quantitative estimate of drug-likeness (QED) is 0.203. The summed E-state index contributed by atoms with van der Waals surface area (Å²) in [7, 11) is 0. The van der Waals surface area contributed by atoms with Crippen molar-refractivity contribution in [3.63, 3.8) is 0 Å². The van der Waals surface area contributed by atoms with Crippen molar-refractivity contribution in [1.82, 2.24) is 0 Å². The molecule has 0 fully saturated rings. The van der Waals surface area contributed by atoms with Crippen LogP contribution in [-0.2, 0) is 11.4 Å². The standard InChI is InChI=1S/C5H5NS/c6-4-5-2-1-3-7-5/h1-3H,6H2. The van der Waals surface area contributed by atoms with Gasteiger partial charge in [0.25, 0.3) is 0 Å². The van der Waals surface area contributed by atoms with Crippen LogP contribution in [0.4, 0.5) is 0 Å². The van der Waals surface area contributed by atoms with Crippen LogP contribution in [0.3, 0.4) is 0 Å². The molecule has 1 rings (SSSR count). The van der Waals surface area contributed by atoms with Gasteiger partial charge in [0.2, 0.25) is 0 Å². The van der Waals surface area contributed by atoms with Crippen LogP contribution in [-0.4, -0.2) is 5.37 Å². The Morgan fingerprint density at radius 2 is 2.57 bits per heavy atom. The van der Waals surface area contributed by atoms with E-state index in [-0.39, 0.29) is 0 Å². The molecule has 36 valence electrons. The highest BCUT2D eigenvalue weighted by Gasteiger charge is 1.92. The van der Waals surface area contributed by atoms with E-state index in [1.54, 1.807) is 11.4 Å². The lowest BCUT2D eigenvalue weighted by molar-refractivity contribution is 1.51. The highest BCUT2D eigenvalue weighted by Crippen LogP contribution is 1.95. The summed E-state index contributed by atoms with van der Waals surface area (Å²) < 4.78 is 0. The second kappa shape index (κ2) is 1.89. The molecular weight excluding hydrogens is 106 g/mol. The summed E-state index contributed by atoms with van der Waals surface area (Å²) >= 11 is 1.59. The summed E-state index contributed by atoms with van der Waals surface area (Å²) in [6, 6.07) is 0. The Kier molecular flexibility index (Phi) is 1.22. The number of rotatable bonds is 0. The number of hydrogen-bond acceptors (Lipinski definition) is 1. The molecule has 0 bridgehead atoms. The van der Waals surface area contributed by atoms with Gasteiger partial charge in [0.05, 0.1) is 4.91 Å². The minimum absolute atomic E-state index is 1.00. The first-order valence-corrected chi connectivity index (χ1v) is 2.81. The molecule has 0 saturated heterocycles. The maximum Gasteiger partial charge on any atom is 0.178 e. The monoisotopic (exact) mass is 111 g/mol. The van der Waals surface area contributed by atoms with Crippen molar-refractivity contribution < 1.29 is 0 Å². The Morgan fingerprint density at radius 1 is 1.71 bits per heavy atom. The molecule has 2 heteroatoms. The van der Waals surface area contributed by atoms with Crippen LogP contribution in [0.25, 0.3) is 0 Å². The van der Waals surface area contributed by atoms with Crippen LogP contribution in [0, 0.1) is 6.20 Å². The van der Waals surface area contributed by atoms with Crippen LogP contribution in [0.2, 0.25) is 0 Å². The molecule has 1 aliphatic rings. The van der Waals surface area contributed by atoms with Crippen molar-refractivity contribution >= 4 is 16.7 Å². The van der Waals surface area contributed by atoms with Gasteiger partial charge in [-0.15, -0.1) is 12.3 Å². The van der Waals surface area contributed by atoms with Gasteiger partial charge >= 0.3 is 0 Å². The minimum atomic E-state index is 1.00. The summed E-state index contributed by atoms with van der Waals surface area (Å²) in [5.41, 5.74) is 5.05. The van der Waals surface area contributed by atoms with Crippen LogP contribution < -0.4 is 5.73 Å². The van der Waals surface area contributed by atoms with Gasteiger partial charge in [-0.2, -0.15) is 0 Å². The van der Waals surface area contributed by atoms with Crippen LogP contribution >= 0.6 is 0 Å². The SMILES string of the molecule is N[C-]=C1C=CC=[S+]1. The smallest absolute Gasteiger partial charge is 0.178 e. The van der Waals surface area contributed by atoms with Crippen molar-refractivity contribution in [2.45, 2.75) is 0 Å². The fourth-order valence-electron chi connectivity index (χ4n) is 0.361. The Bertz CT molecular complexity index is 130. The molecule has 1 heterocycles. The van der Waals surface area contributed by atoms with Crippen LogP contribution in [0.1, 0.15) is 0 Å². The molecule has 0 aromatic rings. The number of allylic oxidation sites excluding steroid dienone is 2. The highest BCUT2D eigenvalue weighted by atomic mass is 32.1. The van der Waals surface area contributed by atoms with Gasteiger partial charge in [-0.05, 0) is 0 Å². The van der Waals surface area contributed by atoms with Crippen molar-refractivity contribution in [3.05, 3.63) is 23.3 Å². The van der Waals surface area contributed by atoms with Gasteiger partial charge in [-0.1, -0.05) is 6.08 Å². The average molecular weight is 111 g/mol. The normalized spacial score (nSPS) is 22.0. The predicted octanol–water partition coefficient (Wildman–Crippen LogP) is 0.0443. The molecule has 0 radical (unpaired) electrons. The fraction of sp³-hybridized carbons (Fsp3) is 0. The molecule has 1 nitrogen and oxygen atoms in total. The third kappa shape index (κ3) is 0.871. The lowest BCUT2D eigenvalue weighted by Crippen LogP contribution is -1.81. The van der Waals surface area contributed by atoms with E-state index in [2.05, 4.69) is 6.20 Å². The predicted molar refractivity (Wildman–Crippen MR) is 33.5 cm³/mol. The third-order valence-corrected chi connectivity index (χ3v) is 1.46. The van der Waals surface area contributed by atoms with Crippen molar-refractivity contribution in [2.75, 3.05) is 0 Å². The summed E-state index contributed by atoms with van der Waals surface area (Å²) in [6.07, 6.45) is 6.39. The van der Waals surface area contributed by atoms with E-state index in [4.69, 9.17) is 5.73 Å². The molecular formula is C5H5NS. The summed E-state index contributed by atoms with van der Waals surface area (Å²) in [6.45, 7) is 0. The van der Waals surface area contributed by atoms with Crippen molar-refractivity contribution in [2.24, 2.45) is 5.73 Å². The zero-order valence-corrected chi connectivity index (χ0v) is 4.53. The van der Waals surface area contributed by atoms with E-state index >= 15 is 0 Å². The molecule has 0 aromatic heterocycles. The molecule has 0 unspecified atom stereocenters. The minimum Gasteiger partial charge on any atom is -0.484 e. The lowest BCUT2D eigenvalue weighted by Gasteiger charge is -1.76. The van der Waals surface area contributed by atoms with Gasteiger partial charge in [-0.3, -0.25) is 0 Å². The summed E-state index contributed by atoms with van der Waals surface area (Å²) in [5, 5.41) is 1.97. The van der Waals surface area contributed by atoms with E-state index in [0.29, 0.717) is 0 Å². The maximum atomic E-state index is 5.05. The van der Waals surface area contributed by atoms with Crippen molar-refractivity contribution in [1.29, 1.82) is 0 Å². The van der Waals surface area contributed by atoms with E-state index in [0.717, 1.165) is 4.91 Å². The van der Waals surface area contributed by atoms with Gasteiger partial charge < -0.3 is 5.73 Å². The Hall–Kier alpha value is -0.630. The maximum absolute atomic E-state index is 5.05. The van der Waals surface area contributed by atoms with Gasteiger partial charge in [0.1, 0.15) is 0 Å². The number of hydrogen-bond donors (Lipinski definition) is 1. The molecule has 0 saturated carbocycles. The van der Waals surface area contributed by atoms with Crippen molar-refractivity contribution in [3.8, 4) is 0 Å². The topological polar surface area (TPSA) is 26.0 Å². The van der Waals surface area contributed by atoms with E-state index in [1.807, 2.05) is 17.5 Å². The molecule has 7 heavy (non-hydrogen) atoms. The van der Waals surface area contributed by atoms with E-state index in [1.165, 1.54) is 0 Å². The summed E-state index contributed by atoms with van der Waals surface area (Å²) in [4.78, 5) is 1.00. The van der Waals surface area contributed by atoms with Gasteiger partial charge in [-0.25, -0.2) is 0 Å². The van der Waals surface area contributed by atoms with E-state index in [9.17, 15) is 0 Å². The molecule has 2 N–H and O–H groups in total. The largest absolute Gasteiger partial charge is 0.484 e. The summed E-state index contributed by atoms with van der Waals surface area (Å²) in [5.74, 6) is 0. The first kappa shape index (κ1) is 4.53. The van der Waals surface area contributed by atoms with Gasteiger partial charge in [0, 0.05) is 0 Å². The first-order chi connectivity index (χ1) is 3.43.